The molecule has 1 aromatic carbocycles. The Labute approximate surface area is 128 Å². The van der Waals surface area contributed by atoms with E-state index in [4.69, 9.17) is 5.73 Å². The normalized spacial score (nSPS) is 14.3. The van der Waals surface area contributed by atoms with E-state index < -0.39 is 0 Å². The fourth-order valence-electron chi connectivity index (χ4n) is 2.78. The van der Waals surface area contributed by atoms with Gasteiger partial charge in [-0.05, 0) is 43.7 Å². The second kappa shape index (κ2) is 5.82. The molecular weight excluding hydrogens is 280 g/mol. The molecule has 0 radical (unpaired) electrons. The first-order valence-electron chi connectivity index (χ1n) is 7.20. The number of rotatable bonds is 3. The molecule has 4 heteroatoms. The lowest BCUT2D eigenvalue weighted by atomic mass is 9.95. The van der Waals surface area contributed by atoms with Gasteiger partial charge in [-0.1, -0.05) is 29.8 Å². The lowest BCUT2D eigenvalue weighted by molar-refractivity contribution is 0.100. The quantitative estimate of drug-likeness (QED) is 0.861. The summed E-state index contributed by atoms with van der Waals surface area (Å²) in [6.07, 6.45) is 6.12. The number of aryl methyl sites for hydroxylation is 2. The average molecular weight is 298 g/mol. The van der Waals surface area contributed by atoms with Gasteiger partial charge in [-0.25, -0.2) is 4.99 Å². The van der Waals surface area contributed by atoms with E-state index in [-0.39, 0.29) is 5.91 Å². The molecule has 0 bridgehead atoms. The molecule has 0 atom stereocenters. The maximum atomic E-state index is 11.8. The summed E-state index contributed by atoms with van der Waals surface area (Å²) in [6.45, 7) is 2.05. The molecule has 0 unspecified atom stereocenters. The zero-order valence-corrected chi connectivity index (χ0v) is 12.9. The monoisotopic (exact) mass is 298 g/mol. The minimum absolute atomic E-state index is 0.356. The Morgan fingerprint density at radius 1 is 1.33 bits per heavy atom. The molecule has 3 nitrogen and oxygen atoms in total. The van der Waals surface area contributed by atoms with Gasteiger partial charge in [0.15, 0.2) is 0 Å². The number of hydrogen-bond donors (Lipinski definition) is 1. The average Bonchev–Trinajstić information content (AvgIpc) is 2.83. The summed E-state index contributed by atoms with van der Waals surface area (Å²) in [4.78, 5) is 17.6. The molecule has 0 spiro atoms. The van der Waals surface area contributed by atoms with Crippen molar-refractivity contribution in [3.63, 3.8) is 0 Å². The van der Waals surface area contributed by atoms with Crippen LogP contribution in [0.4, 0.5) is 5.00 Å². The van der Waals surface area contributed by atoms with Gasteiger partial charge in [0.25, 0.3) is 5.91 Å². The highest BCUT2D eigenvalue weighted by Crippen LogP contribution is 2.39. The predicted octanol–water partition coefficient (Wildman–Crippen LogP) is 3.78. The van der Waals surface area contributed by atoms with Crippen molar-refractivity contribution in [2.45, 2.75) is 32.6 Å². The molecule has 1 amide bonds. The van der Waals surface area contributed by atoms with E-state index in [9.17, 15) is 4.79 Å². The number of amides is 1. The summed E-state index contributed by atoms with van der Waals surface area (Å²) in [7, 11) is 0. The van der Waals surface area contributed by atoms with Gasteiger partial charge in [0, 0.05) is 11.1 Å². The largest absolute Gasteiger partial charge is 0.365 e. The molecule has 1 aliphatic rings. The number of thiophene rings is 1. The van der Waals surface area contributed by atoms with Gasteiger partial charge in [0.05, 0.1) is 5.56 Å². The molecule has 1 aliphatic carbocycles. The van der Waals surface area contributed by atoms with E-state index in [2.05, 4.69) is 24.0 Å². The van der Waals surface area contributed by atoms with Gasteiger partial charge in [-0.3, -0.25) is 4.79 Å². The van der Waals surface area contributed by atoms with E-state index in [1.54, 1.807) is 11.3 Å². The number of nitrogens with two attached hydrogens (primary N) is 1. The third kappa shape index (κ3) is 2.90. The molecule has 0 saturated carbocycles. The van der Waals surface area contributed by atoms with Crippen LogP contribution in [-0.2, 0) is 12.8 Å². The van der Waals surface area contributed by atoms with Crippen LogP contribution >= 0.6 is 11.3 Å². The summed E-state index contributed by atoms with van der Waals surface area (Å²) in [5.41, 5.74) is 9.57. The van der Waals surface area contributed by atoms with Crippen LogP contribution in [-0.4, -0.2) is 12.1 Å². The Morgan fingerprint density at radius 3 is 2.90 bits per heavy atom. The third-order valence-electron chi connectivity index (χ3n) is 3.77. The van der Waals surface area contributed by atoms with Crippen molar-refractivity contribution in [1.29, 1.82) is 0 Å². The molecule has 3 rings (SSSR count). The Hall–Kier alpha value is -1.94. The Bertz CT molecular complexity index is 716. The molecule has 108 valence electrons. The third-order valence-corrected chi connectivity index (χ3v) is 4.97. The van der Waals surface area contributed by atoms with Crippen molar-refractivity contribution in [1.82, 2.24) is 0 Å². The fourth-order valence-corrected chi connectivity index (χ4v) is 4.02. The van der Waals surface area contributed by atoms with Crippen LogP contribution in [0, 0.1) is 6.92 Å². The first-order valence-corrected chi connectivity index (χ1v) is 8.02. The Kier molecular flexibility index (Phi) is 3.88. The van der Waals surface area contributed by atoms with Crippen LogP contribution in [0.2, 0.25) is 0 Å². The number of benzene rings is 1. The predicted molar refractivity (Wildman–Crippen MR) is 87.9 cm³/mol. The van der Waals surface area contributed by atoms with E-state index in [0.717, 1.165) is 35.4 Å². The highest BCUT2D eigenvalue weighted by molar-refractivity contribution is 7.16. The summed E-state index contributed by atoms with van der Waals surface area (Å²) in [5, 5.41) is 0.760. The lowest BCUT2D eigenvalue weighted by Gasteiger charge is -2.10. The molecule has 1 aromatic heterocycles. The smallest absolute Gasteiger partial charge is 0.252 e. The summed E-state index contributed by atoms with van der Waals surface area (Å²) in [5.74, 6) is -0.356. The number of nitrogens with zero attached hydrogens (tertiary/aromatic N) is 1. The van der Waals surface area contributed by atoms with E-state index in [1.165, 1.54) is 16.9 Å². The molecule has 1 heterocycles. The first-order chi connectivity index (χ1) is 10.1. The lowest BCUT2D eigenvalue weighted by Crippen LogP contribution is -2.14. The Morgan fingerprint density at radius 2 is 2.14 bits per heavy atom. The highest BCUT2D eigenvalue weighted by atomic mass is 32.1. The van der Waals surface area contributed by atoms with E-state index in [0.29, 0.717) is 5.56 Å². The zero-order valence-electron chi connectivity index (χ0n) is 12.1. The highest BCUT2D eigenvalue weighted by Gasteiger charge is 2.23. The van der Waals surface area contributed by atoms with Crippen molar-refractivity contribution >= 4 is 28.5 Å². The van der Waals surface area contributed by atoms with E-state index >= 15 is 0 Å². The van der Waals surface area contributed by atoms with Crippen molar-refractivity contribution in [2.24, 2.45) is 10.7 Å². The molecular formula is C17H18N2OS. The maximum Gasteiger partial charge on any atom is 0.252 e. The molecule has 2 N–H and O–H groups in total. The first kappa shape index (κ1) is 14.0. The molecule has 0 aliphatic heterocycles. The minimum Gasteiger partial charge on any atom is -0.365 e. The van der Waals surface area contributed by atoms with Crippen molar-refractivity contribution in [3.8, 4) is 0 Å². The zero-order chi connectivity index (χ0) is 14.8. The maximum absolute atomic E-state index is 11.8. The van der Waals surface area contributed by atoms with Crippen molar-refractivity contribution in [3.05, 3.63) is 51.4 Å². The number of aliphatic imine (C=N–C) groups is 1. The number of carbonyl (C=O) groups excluding carboxylic acids is 1. The van der Waals surface area contributed by atoms with Crippen molar-refractivity contribution in [2.75, 3.05) is 0 Å². The molecule has 0 saturated heterocycles. The molecule has 0 fully saturated rings. The second-order valence-electron chi connectivity index (χ2n) is 5.43. The number of carbonyl (C=O) groups is 1. The fraction of sp³-hybridized carbons (Fsp3) is 0.294. The summed E-state index contributed by atoms with van der Waals surface area (Å²) >= 11 is 1.61. The van der Waals surface area contributed by atoms with Crippen LogP contribution < -0.4 is 5.73 Å². The summed E-state index contributed by atoms with van der Waals surface area (Å²) < 4.78 is 0. The Balaban J connectivity index is 1.98. The SMILES string of the molecule is Cc1cccc(C=Nc2sc3c(c2C(N)=O)CCCC3)c1. The summed E-state index contributed by atoms with van der Waals surface area (Å²) in [6, 6.07) is 8.13. The van der Waals surface area contributed by atoms with Crippen LogP contribution in [0.1, 0.15) is 44.8 Å². The van der Waals surface area contributed by atoms with Gasteiger partial charge in [-0.2, -0.15) is 0 Å². The van der Waals surface area contributed by atoms with Crippen LogP contribution in [0.15, 0.2) is 29.3 Å². The molecule has 21 heavy (non-hydrogen) atoms. The van der Waals surface area contributed by atoms with E-state index in [1.807, 2.05) is 18.3 Å². The second-order valence-corrected chi connectivity index (χ2v) is 6.51. The number of fused-ring (bicyclic) bond motifs is 1. The van der Waals surface area contributed by atoms with Gasteiger partial charge in [0.1, 0.15) is 5.00 Å². The topological polar surface area (TPSA) is 55.4 Å². The minimum atomic E-state index is -0.356. The standard InChI is InChI=1S/C17H18N2OS/c1-11-5-4-6-12(9-11)10-19-17-15(16(18)20)13-7-2-3-8-14(13)21-17/h4-6,9-10H,2-3,7-8H2,1H3,(H2,18,20). The molecule has 2 aromatic rings. The van der Waals surface area contributed by atoms with Gasteiger partial charge < -0.3 is 5.73 Å². The van der Waals surface area contributed by atoms with Crippen LogP contribution in [0.5, 0.6) is 0 Å². The van der Waals surface area contributed by atoms with Gasteiger partial charge >= 0.3 is 0 Å². The number of hydrogen-bond acceptors (Lipinski definition) is 3. The van der Waals surface area contributed by atoms with Crippen molar-refractivity contribution < 1.29 is 4.79 Å². The van der Waals surface area contributed by atoms with Crippen LogP contribution in [0.25, 0.3) is 0 Å². The van der Waals surface area contributed by atoms with Gasteiger partial charge in [-0.15, -0.1) is 11.3 Å². The number of primary amides is 1. The van der Waals surface area contributed by atoms with Gasteiger partial charge in [0.2, 0.25) is 0 Å². The van der Waals surface area contributed by atoms with Crippen LogP contribution in [0.3, 0.4) is 0 Å².